The first-order valence-electron chi connectivity index (χ1n) is 4.70. The number of hydrogen-bond donors (Lipinski definition) is 0. The van der Waals surface area contributed by atoms with Crippen LogP contribution in [0.2, 0.25) is 0 Å². The highest BCUT2D eigenvalue weighted by Crippen LogP contribution is 2.06. The molecule has 1 aliphatic carbocycles. The quantitative estimate of drug-likeness (QED) is 0.461. The van der Waals surface area contributed by atoms with E-state index in [-0.39, 0.29) is 0 Å². The molecule has 0 aromatic heterocycles. The Hall–Kier alpha value is -0.520. The molecule has 0 aliphatic heterocycles. The molecule has 1 radical (unpaired) electrons. The molecular weight excluding hydrogens is 132 g/mol. The summed E-state index contributed by atoms with van der Waals surface area (Å²) in [5.41, 5.74) is 0. The summed E-state index contributed by atoms with van der Waals surface area (Å²) in [6, 6.07) is 0. The second kappa shape index (κ2) is 6.21. The van der Waals surface area contributed by atoms with Gasteiger partial charge in [-0.1, -0.05) is 18.2 Å². The molecule has 1 aliphatic rings. The maximum absolute atomic E-state index is 3.32. The van der Waals surface area contributed by atoms with Gasteiger partial charge in [-0.2, -0.15) is 0 Å². The lowest BCUT2D eigenvalue weighted by atomic mass is 10.2. The van der Waals surface area contributed by atoms with Crippen LogP contribution in [0.5, 0.6) is 0 Å². The van der Waals surface area contributed by atoms with Crippen LogP contribution in [0.3, 0.4) is 0 Å². The summed E-state index contributed by atoms with van der Waals surface area (Å²) in [5, 5.41) is 0. The van der Waals surface area contributed by atoms with Crippen LogP contribution in [0.4, 0.5) is 0 Å². The van der Waals surface area contributed by atoms with Crippen molar-refractivity contribution in [2.45, 2.75) is 44.9 Å². The molecule has 0 aromatic carbocycles. The van der Waals surface area contributed by atoms with Gasteiger partial charge in [0.05, 0.1) is 0 Å². The first-order chi connectivity index (χ1) is 5.50. The molecular formula is C11H17. The zero-order valence-electron chi connectivity index (χ0n) is 7.18. The molecule has 0 unspecified atom stereocenters. The summed E-state index contributed by atoms with van der Waals surface area (Å²) in [6.07, 6.45) is 19.0. The van der Waals surface area contributed by atoms with Gasteiger partial charge in [-0.15, -0.1) is 0 Å². The second-order valence-corrected chi connectivity index (χ2v) is 3.06. The highest BCUT2D eigenvalue weighted by atomic mass is 13.9. The van der Waals surface area contributed by atoms with E-state index in [2.05, 4.69) is 24.3 Å². The predicted molar refractivity (Wildman–Crippen MR) is 49.3 cm³/mol. The Morgan fingerprint density at radius 3 is 2.45 bits per heavy atom. The third-order valence-corrected chi connectivity index (χ3v) is 1.97. The summed E-state index contributed by atoms with van der Waals surface area (Å²) < 4.78 is 0. The minimum Gasteiger partial charge on any atom is -0.0885 e. The smallest absolute Gasteiger partial charge is 0.0276 e. The summed E-state index contributed by atoms with van der Waals surface area (Å²) in [4.78, 5) is 0. The molecule has 61 valence electrons. The molecule has 0 bridgehead atoms. The zero-order chi connectivity index (χ0) is 7.78. The summed E-state index contributed by atoms with van der Waals surface area (Å²) in [7, 11) is 0. The van der Waals surface area contributed by atoms with Gasteiger partial charge in [-0.3, -0.25) is 0 Å². The molecule has 0 nitrogen and oxygen atoms in total. The van der Waals surface area contributed by atoms with E-state index in [1.54, 1.807) is 0 Å². The average Bonchev–Trinajstić information content (AvgIpc) is 2.08. The molecule has 0 saturated heterocycles. The van der Waals surface area contributed by atoms with Gasteiger partial charge in [0, 0.05) is 0 Å². The summed E-state index contributed by atoms with van der Waals surface area (Å²) in [5.74, 6) is 0. The van der Waals surface area contributed by atoms with E-state index in [1.165, 1.54) is 38.5 Å². The fraction of sp³-hybridized carbons (Fsp3) is 0.636. The molecule has 0 heteroatoms. The van der Waals surface area contributed by atoms with Crippen molar-refractivity contribution in [3.8, 4) is 0 Å². The van der Waals surface area contributed by atoms with E-state index in [0.717, 1.165) is 6.42 Å². The maximum Gasteiger partial charge on any atom is -0.0276 e. The molecule has 0 aromatic rings. The molecule has 0 atom stereocenters. The number of hydrogen-bond acceptors (Lipinski definition) is 0. The van der Waals surface area contributed by atoms with Crippen molar-refractivity contribution in [3.05, 3.63) is 24.3 Å². The Kier molecular flexibility index (Phi) is 4.84. The fourth-order valence-corrected chi connectivity index (χ4v) is 1.27. The first kappa shape index (κ1) is 8.58. The van der Waals surface area contributed by atoms with Gasteiger partial charge in [0.15, 0.2) is 0 Å². The van der Waals surface area contributed by atoms with Crippen molar-refractivity contribution < 1.29 is 0 Å². The lowest BCUT2D eigenvalue weighted by molar-refractivity contribution is 0.760. The van der Waals surface area contributed by atoms with E-state index < -0.39 is 0 Å². The van der Waals surface area contributed by atoms with E-state index in [9.17, 15) is 0 Å². The number of rotatable bonds is 0. The normalized spacial score (nSPS) is 21.1. The van der Waals surface area contributed by atoms with Gasteiger partial charge >= 0.3 is 0 Å². The van der Waals surface area contributed by atoms with Gasteiger partial charge < -0.3 is 0 Å². The van der Waals surface area contributed by atoms with Gasteiger partial charge in [-0.05, 0) is 51.0 Å². The molecule has 0 fully saturated rings. The lowest BCUT2D eigenvalue weighted by Crippen LogP contribution is -1.71. The minimum atomic E-state index is 1.14. The molecule has 0 saturated carbocycles. The largest absolute Gasteiger partial charge is 0.0885 e. The molecule has 0 N–H and O–H groups in total. The standard InChI is InChI=1S/C11H17/c1-2-4-6-8-10-11-9-7-5-3-1/h1-2,11H,3-9H2. The lowest BCUT2D eigenvalue weighted by Gasteiger charge is -1.90. The van der Waals surface area contributed by atoms with Crippen molar-refractivity contribution in [1.82, 2.24) is 0 Å². The van der Waals surface area contributed by atoms with Crippen LogP contribution >= 0.6 is 0 Å². The van der Waals surface area contributed by atoms with Crippen LogP contribution in [0.1, 0.15) is 44.9 Å². The molecule has 1 rings (SSSR count). The van der Waals surface area contributed by atoms with Crippen molar-refractivity contribution in [2.75, 3.05) is 0 Å². The Morgan fingerprint density at radius 1 is 0.818 bits per heavy atom. The average molecular weight is 149 g/mol. The van der Waals surface area contributed by atoms with Crippen LogP contribution < -0.4 is 0 Å². The van der Waals surface area contributed by atoms with Gasteiger partial charge in [-0.25, -0.2) is 0 Å². The Labute approximate surface area is 70.0 Å². The van der Waals surface area contributed by atoms with Crippen molar-refractivity contribution >= 4 is 0 Å². The van der Waals surface area contributed by atoms with E-state index >= 15 is 0 Å². The third-order valence-electron chi connectivity index (χ3n) is 1.97. The predicted octanol–water partition coefficient (Wildman–Crippen LogP) is 3.65. The molecule has 0 heterocycles. The van der Waals surface area contributed by atoms with Crippen LogP contribution in [0.25, 0.3) is 0 Å². The highest BCUT2D eigenvalue weighted by molar-refractivity contribution is 4.84. The van der Waals surface area contributed by atoms with Crippen LogP contribution in [0, 0.1) is 6.08 Å². The third kappa shape index (κ3) is 4.83. The molecule has 11 heavy (non-hydrogen) atoms. The molecule has 0 spiro atoms. The van der Waals surface area contributed by atoms with Crippen LogP contribution in [0.15, 0.2) is 18.2 Å². The SMILES string of the molecule is [C]1=CCCCCC=CCCC1. The van der Waals surface area contributed by atoms with E-state index in [0.29, 0.717) is 0 Å². The van der Waals surface area contributed by atoms with E-state index in [4.69, 9.17) is 0 Å². The van der Waals surface area contributed by atoms with Crippen molar-refractivity contribution in [2.24, 2.45) is 0 Å². The van der Waals surface area contributed by atoms with Gasteiger partial charge in [0.2, 0.25) is 0 Å². The van der Waals surface area contributed by atoms with Crippen LogP contribution in [-0.2, 0) is 0 Å². The zero-order valence-corrected chi connectivity index (χ0v) is 7.18. The highest BCUT2D eigenvalue weighted by Gasteiger charge is 1.87. The Bertz CT molecular complexity index is 115. The first-order valence-corrected chi connectivity index (χ1v) is 4.70. The van der Waals surface area contributed by atoms with Crippen molar-refractivity contribution in [3.63, 3.8) is 0 Å². The summed E-state index contributed by atoms with van der Waals surface area (Å²) >= 11 is 0. The second-order valence-electron chi connectivity index (χ2n) is 3.06. The van der Waals surface area contributed by atoms with Crippen LogP contribution in [-0.4, -0.2) is 0 Å². The number of allylic oxidation sites excluding steroid dienone is 4. The minimum absolute atomic E-state index is 1.14. The van der Waals surface area contributed by atoms with Gasteiger partial charge in [0.1, 0.15) is 0 Å². The molecule has 0 amide bonds. The van der Waals surface area contributed by atoms with Crippen molar-refractivity contribution in [1.29, 1.82) is 0 Å². The topological polar surface area (TPSA) is 0 Å². The maximum atomic E-state index is 3.32. The summed E-state index contributed by atoms with van der Waals surface area (Å²) in [6.45, 7) is 0. The Morgan fingerprint density at radius 2 is 1.55 bits per heavy atom. The fourth-order valence-electron chi connectivity index (χ4n) is 1.27. The monoisotopic (exact) mass is 149 g/mol. The van der Waals surface area contributed by atoms with E-state index in [1.807, 2.05) is 0 Å². The van der Waals surface area contributed by atoms with Gasteiger partial charge in [0.25, 0.3) is 0 Å². The Balaban J connectivity index is 2.22.